The summed E-state index contributed by atoms with van der Waals surface area (Å²) in [6.07, 6.45) is 3.85. The van der Waals surface area contributed by atoms with Gasteiger partial charge in [-0.2, -0.15) is 0 Å². The maximum atomic E-state index is 14.4. The van der Waals surface area contributed by atoms with Crippen molar-refractivity contribution in [2.24, 2.45) is 0 Å². The van der Waals surface area contributed by atoms with Crippen LogP contribution in [0.15, 0.2) is 21.5 Å². The van der Waals surface area contributed by atoms with Gasteiger partial charge in [0.15, 0.2) is 0 Å². The van der Waals surface area contributed by atoms with Crippen LogP contribution in [0.3, 0.4) is 0 Å². The van der Waals surface area contributed by atoms with E-state index in [1.54, 1.807) is 6.07 Å². The van der Waals surface area contributed by atoms with E-state index in [0.717, 1.165) is 25.7 Å². The normalized spacial score (nSPS) is 19.3. The molecule has 0 radical (unpaired) electrons. The summed E-state index contributed by atoms with van der Waals surface area (Å²) in [4.78, 5) is -0.272. The topological polar surface area (TPSA) is 58.2 Å². The molecule has 0 saturated heterocycles. The van der Waals surface area contributed by atoms with Crippen LogP contribution in [0.5, 0.6) is 0 Å². The fraction of sp³-hybridized carbons (Fsp3) is 0.538. The number of rotatable bonds is 6. The summed E-state index contributed by atoms with van der Waals surface area (Å²) < 4.78 is 41.8. The maximum Gasteiger partial charge on any atom is 0.243 e. The monoisotopic (exact) mass is 362 g/mol. The van der Waals surface area contributed by atoms with E-state index in [-0.39, 0.29) is 10.9 Å². The second-order valence-corrected chi connectivity index (χ2v) is 8.03. The number of nitrogens with one attached hydrogen (secondary N) is 2. The first-order valence-corrected chi connectivity index (χ1v) is 8.97. The van der Waals surface area contributed by atoms with Crippen LogP contribution in [0.4, 0.5) is 4.39 Å². The molecule has 2 aliphatic rings. The largest absolute Gasteiger partial charge is 0.310 e. The molecule has 0 aliphatic heterocycles. The summed E-state index contributed by atoms with van der Waals surface area (Å²) >= 11 is 3.26. The van der Waals surface area contributed by atoms with Crippen LogP contribution < -0.4 is 10.0 Å². The number of benzene rings is 1. The molecular weight excluding hydrogens is 347 g/mol. The van der Waals surface area contributed by atoms with Crippen molar-refractivity contribution in [1.29, 1.82) is 0 Å². The Labute approximate surface area is 126 Å². The lowest BCUT2D eigenvalue weighted by Gasteiger charge is -2.11. The highest BCUT2D eigenvalue weighted by molar-refractivity contribution is 9.10. The molecular formula is C13H16BrFN2O2S. The van der Waals surface area contributed by atoms with Gasteiger partial charge >= 0.3 is 0 Å². The summed E-state index contributed by atoms with van der Waals surface area (Å²) in [5, 5.41) is 3.20. The van der Waals surface area contributed by atoms with Gasteiger partial charge in [0.05, 0.1) is 0 Å². The Morgan fingerprint density at radius 3 is 2.45 bits per heavy atom. The molecule has 3 rings (SSSR count). The van der Waals surface area contributed by atoms with Gasteiger partial charge in [-0.1, -0.05) is 15.9 Å². The highest BCUT2D eigenvalue weighted by Gasteiger charge is 2.31. The second kappa shape index (κ2) is 5.36. The quantitative estimate of drug-likeness (QED) is 0.815. The molecule has 4 nitrogen and oxygen atoms in total. The van der Waals surface area contributed by atoms with E-state index in [1.807, 2.05) is 0 Å². The molecule has 2 aliphatic carbocycles. The van der Waals surface area contributed by atoms with E-state index in [9.17, 15) is 12.8 Å². The van der Waals surface area contributed by atoms with Crippen LogP contribution in [0.2, 0.25) is 0 Å². The Kier molecular flexibility index (Phi) is 3.87. The zero-order valence-electron chi connectivity index (χ0n) is 10.8. The standard InChI is InChI=1S/C13H16BrFN2O2S/c14-9-5-8(7-16-10-1-2-10)13(15)12(6-9)20(18,19)17-11-3-4-11/h5-6,10-11,16-17H,1-4,7H2. The van der Waals surface area contributed by atoms with Crippen molar-refractivity contribution in [1.82, 2.24) is 10.0 Å². The van der Waals surface area contributed by atoms with Gasteiger partial charge in [-0.15, -0.1) is 0 Å². The fourth-order valence-corrected chi connectivity index (χ4v) is 4.08. The third-order valence-electron chi connectivity index (χ3n) is 3.43. The Balaban J connectivity index is 1.88. The van der Waals surface area contributed by atoms with Crippen molar-refractivity contribution in [2.45, 2.75) is 49.2 Å². The summed E-state index contributed by atoms with van der Waals surface area (Å²) in [6.45, 7) is 0.349. The molecule has 2 fully saturated rings. The van der Waals surface area contributed by atoms with Crippen molar-refractivity contribution in [2.75, 3.05) is 0 Å². The maximum absolute atomic E-state index is 14.4. The summed E-state index contributed by atoms with van der Waals surface area (Å²) in [5.74, 6) is -0.658. The minimum atomic E-state index is -3.78. The SMILES string of the molecule is O=S(=O)(NC1CC1)c1cc(Br)cc(CNC2CC2)c1F. The number of hydrogen-bond acceptors (Lipinski definition) is 3. The van der Waals surface area contributed by atoms with E-state index in [4.69, 9.17) is 0 Å². The van der Waals surface area contributed by atoms with Crippen LogP contribution in [0.1, 0.15) is 31.2 Å². The molecule has 2 saturated carbocycles. The first-order valence-electron chi connectivity index (χ1n) is 6.69. The molecule has 0 amide bonds. The smallest absolute Gasteiger partial charge is 0.243 e. The van der Waals surface area contributed by atoms with Gasteiger partial charge in [-0.25, -0.2) is 17.5 Å². The fourth-order valence-electron chi connectivity index (χ4n) is 1.97. The molecule has 2 N–H and O–H groups in total. The van der Waals surface area contributed by atoms with Crippen LogP contribution in [0.25, 0.3) is 0 Å². The van der Waals surface area contributed by atoms with Crippen molar-refractivity contribution in [3.63, 3.8) is 0 Å². The molecule has 0 unspecified atom stereocenters. The average molecular weight is 363 g/mol. The molecule has 0 spiro atoms. The van der Waals surface area contributed by atoms with Gasteiger partial charge in [0, 0.05) is 28.7 Å². The van der Waals surface area contributed by atoms with Crippen LogP contribution >= 0.6 is 15.9 Å². The molecule has 110 valence electrons. The lowest BCUT2D eigenvalue weighted by atomic mass is 10.2. The lowest BCUT2D eigenvalue weighted by Crippen LogP contribution is -2.27. The molecule has 1 aromatic carbocycles. The molecule has 20 heavy (non-hydrogen) atoms. The third kappa shape index (κ3) is 3.39. The number of sulfonamides is 1. The van der Waals surface area contributed by atoms with Crippen molar-refractivity contribution in [3.05, 3.63) is 28.0 Å². The van der Waals surface area contributed by atoms with E-state index in [1.165, 1.54) is 6.07 Å². The Morgan fingerprint density at radius 2 is 1.85 bits per heavy atom. The second-order valence-electron chi connectivity index (χ2n) is 5.43. The van der Waals surface area contributed by atoms with Crippen molar-refractivity contribution >= 4 is 26.0 Å². The van der Waals surface area contributed by atoms with Gasteiger partial charge in [0.2, 0.25) is 10.0 Å². The van der Waals surface area contributed by atoms with Crippen molar-refractivity contribution < 1.29 is 12.8 Å². The van der Waals surface area contributed by atoms with Crippen LogP contribution in [-0.2, 0) is 16.6 Å². The Hall–Kier alpha value is -0.500. The van der Waals surface area contributed by atoms with Gasteiger partial charge in [0.25, 0.3) is 0 Å². The Morgan fingerprint density at radius 1 is 1.20 bits per heavy atom. The van der Waals surface area contributed by atoms with Gasteiger partial charge < -0.3 is 5.32 Å². The van der Waals surface area contributed by atoms with E-state index in [2.05, 4.69) is 26.0 Å². The first-order chi connectivity index (χ1) is 9.45. The van der Waals surface area contributed by atoms with E-state index < -0.39 is 15.8 Å². The molecule has 1 aromatic rings. The van der Waals surface area contributed by atoms with E-state index in [0.29, 0.717) is 22.6 Å². The summed E-state index contributed by atoms with van der Waals surface area (Å²) in [6, 6.07) is 3.35. The minimum absolute atomic E-state index is 0.0357. The zero-order valence-corrected chi connectivity index (χ0v) is 13.2. The third-order valence-corrected chi connectivity index (χ3v) is 5.40. The summed E-state index contributed by atoms with van der Waals surface area (Å²) in [7, 11) is -3.78. The van der Waals surface area contributed by atoms with Crippen molar-refractivity contribution in [3.8, 4) is 0 Å². The zero-order chi connectivity index (χ0) is 14.3. The number of halogens is 2. The molecule has 0 aromatic heterocycles. The first kappa shape index (κ1) is 14.4. The average Bonchev–Trinajstić information content (AvgIpc) is 3.23. The molecule has 0 bridgehead atoms. The van der Waals surface area contributed by atoms with Gasteiger partial charge in [-0.05, 0) is 37.8 Å². The van der Waals surface area contributed by atoms with E-state index >= 15 is 0 Å². The minimum Gasteiger partial charge on any atom is -0.310 e. The summed E-state index contributed by atoms with van der Waals surface area (Å²) in [5.41, 5.74) is 0.377. The Bertz CT molecular complexity index is 628. The number of hydrogen-bond donors (Lipinski definition) is 2. The highest BCUT2D eigenvalue weighted by Crippen LogP contribution is 2.28. The molecule has 7 heteroatoms. The predicted molar refractivity (Wildman–Crippen MR) is 77.3 cm³/mol. The predicted octanol–water partition coefficient (Wildman–Crippen LogP) is 2.28. The highest BCUT2D eigenvalue weighted by atomic mass is 79.9. The molecule has 0 atom stereocenters. The lowest BCUT2D eigenvalue weighted by molar-refractivity contribution is 0.540. The van der Waals surface area contributed by atoms with Gasteiger partial charge in [0.1, 0.15) is 10.7 Å². The molecule has 0 heterocycles. The van der Waals surface area contributed by atoms with Crippen LogP contribution in [0, 0.1) is 5.82 Å². The van der Waals surface area contributed by atoms with Gasteiger partial charge in [-0.3, -0.25) is 0 Å². The van der Waals surface area contributed by atoms with Crippen LogP contribution in [-0.4, -0.2) is 20.5 Å².